The van der Waals surface area contributed by atoms with Gasteiger partial charge >= 0.3 is 0 Å². The van der Waals surface area contributed by atoms with E-state index in [-0.39, 0.29) is 6.61 Å². The number of methoxy groups -OCH3 is 1. The van der Waals surface area contributed by atoms with Crippen LogP contribution in [0.15, 0.2) is 18.2 Å². The number of aliphatic hydroxyl groups excluding tert-OH is 1. The van der Waals surface area contributed by atoms with Crippen LogP contribution >= 0.6 is 0 Å². The molecule has 74 valence electrons. The van der Waals surface area contributed by atoms with Crippen molar-refractivity contribution >= 4 is 5.52 Å². The van der Waals surface area contributed by atoms with Gasteiger partial charge in [0.05, 0.1) is 24.9 Å². The molecule has 0 spiro atoms. The normalized spacial score (nSPS) is 10.8. The van der Waals surface area contributed by atoms with Crippen molar-refractivity contribution in [1.29, 1.82) is 0 Å². The largest absolute Gasteiger partial charge is 0.482 e. The highest BCUT2D eigenvalue weighted by Gasteiger charge is 2.09. The second-order valence-electron chi connectivity index (χ2n) is 3.05. The van der Waals surface area contributed by atoms with Gasteiger partial charge in [-0.2, -0.15) is 0 Å². The molecule has 0 aliphatic heterocycles. The van der Waals surface area contributed by atoms with Crippen LogP contribution in [0.5, 0.6) is 5.88 Å². The number of ether oxygens (including phenoxy) is 1. The van der Waals surface area contributed by atoms with E-state index in [1.165, 1.54) is 0 Å². The second-order valence-corrected chi connectivity index (χ2v) is 3.05. The number of aromatic nitrogens is 2. The minimum Gasteiger partial charge on any atom is -0.482 e. The first-order valence-electron chi connectivity index (χ1n) is 4.39. The Labute approximate surface area is 81.8 Å². The molecule has 0 aliphatic carbocycles. The van der Waals surface area contributed by atoms with Gasteiger partial charge in [-0.1, -0.05) is 6.07 Å². The second kappa shape index (κ2) is 3.31. The average Bonchev–Trinajstić information content (AvgIpc) is 2.55. The molecule has 0 atom stereocenters. The van der Waals surface area contributed by atoms with Crippen molar-refractivity contribution in [2.45, 2.75) is 13.5 Å². The highest BCUT2D eigenvalue weighted by atomic mass is 16.5. The Morgan fingerprint density at radius 1 is 1.50 bits per heavy atom. The standard InChI is InChI=1S/C10H12N2O2/c1-7-11-8(6-13)9-4-3-5-10(14-2)12(7)9/h3-5,13H,6H2,1-2H3. The fourth-order valence-corrected chi connectivity index (χ4v) is 1.63. The summed E-state index contributed by atoms with van der Waals surface area (Å²) in [4.78, 5) is 4.25. The fraction of sp³-hybridized carbons (Fsp3) is 0.300. The van der Waals surface area contributed by atoms with E-state index < -0.39 is 0 Å². The van der Waals surface area contributed by atoms with Gasteiger partial charge in [-0.15, -0.1) is 0 Å². The molecule has 1 N–H and O–H groups in total. The zero-order chi connectivity index (χ0) is 10.1. The maximum absolute atomic E-state index is 9.10. The van der Waals surface area contributed by atoms with E-state index in [0.29, 0.717) is 5.69 Å². The number of nitrogens with zero attached hydrogens (tertiary/aromatic N) is 2. The van der Waals surface area contributed by atoms with Gasteiger partial charge in [-0.3, -0.25) is 4.40 Å². The molecule has 0 fully saturated rings. The number of aryl methyl sites for hydroxylation is 1. The predicted octanol–water partition coefficient (Wildman–Crippen LogP) is 1.14. The first kappa shape index (κ1) is 9.02. The minimum absolute atomic E-state index is 0.0511. The predicted molar refractivity (Wildman–Crippen MR) is 52.4 cm³/mol. The Morgan fingerprint density at radius 2 is 2.29 bits per heavy atom. The van der Waals surface area contributed by atoms with Gasteiger partial charge in [-0.25, -0.2) is 4.98 Å². The monoisotopic (exact) mass is 192 g/mol. The van der Waals surface area contributed by atoms with Crippen molar-refractivity contribution in [3.8, 4) is 5.88 Å². The van der Waals surface area contributed by atoms with Crippen molar-refractivity contribution in [3.05, 3.63) is 29.7 Å². The summed E-state index contributed by atoms with van der Waals surface area (Å²) in [5.74, 6) is 1.55. The van der Waals surface area contributed by atoms with E-state index in [2.05, 4.69) is 4.98 Å². The highest BCUT2D eigenvalue weighted by molar-refractivity contribution is 5.55. The van der Waals surface area contributed by atoms with E-state index >= 15 is 0 Å². The molecule has 0 saturated heterocycles. The number of imidazole rings is 1. The minimum atomic E-state index is -0.0511. The van der Waals surface area contributed by atoms with Crippen LogP contribution in [0.2, 0.25) is 0 Å². The SMILES string of the molecule is COc1cccc2c(CO)nc(C)n12. The van der Waals surface area contributed by atoms with Gasteiger partial charge in [-0.05, 0) is 19.1 Å². The summed E-state index contributed by atoms with van der Waals surface area (Å²) in [7, 11) is 1.62. The molecule has 0 aromatic carbocycles. The molecular formula is C10H12N2O2. The van der Waals surface area contributed by atoms with Gasteiger partial charge in [0.1, 0.15) is 5.82 Å². The van der Waals surface area contributed by atoms with Crippen molar-refractivity contribution < 1.29 is 9.84 Å². The number of hydrogen-bond acceptors (Lipinski definition) is 3. The molecule has 0 amide bonds. The Morgan fingerprint density at radius 3 is 2.93 bits per heavy atom. The van der Waals surface area contributed by atoms with Gasteiger partial charge in [0, 0.05) is 0 Å². The summed E-state index contributed by atoms with van der Waals surface area (Å²) in [5.41, 5.74) is 1.57. The Hall–Kier alpha value is -1.55. The lowest BCUT2D eigenvalue weighted by molar-refractivity contribution is 0.279. The van der Waals surface area contributed by atoms with Crippen LogP contribution in [0.4, 0.5) is 0 Å². The molecule has 0 saturated carbocycles. The number of pyridine rings is 1. The smallest absolute Gasteiger partial charge is 0.199 e. The van der Waals surface area contributed by atoms with E-state index in [0.717, 1.165) is 17.2 Å². The summed E-state index contributed by atoms with van der Waals surface area (Å²) in [5, 5.41) is 9.10. The van der Waals surface area contributed by atoms with Crippen LogP contribution in [0.25, 0.3) is 5.52 Å². The zero-order valence-electron chi connectivity index (χ0n) is 8.19. The number of aliphatic hydroxyl groups is 1. The van der Waals surface area contributed by atoms with Crippen molar-refractivity contribution in [3.63, 3.8) is 0 Å². The lowest BCUT2D eigenvalue weighted by Crippen LogP contribution is -1.95. The molecule has 0 unspecified atom stereocenters. The molecule has 0 radical (unpaired) electrons. The quantitative estimate of drug-likeness (QED) is 0.776. The summed E-state index contributed by atoms with van der Waals surface area (Å²) in [6.07, 6.45) is 0. The number of hydrogen-bond donors (Lipinski definition) is 1. The Bertz CT molecular complexity index is 462. The molecule has 2 aromatic heterocycles. The molecule has 2 aromatic rings. The summed E-state index contributed by atoms with van der Waals surface area (Å²) >= 11 is 0. The zero-order valence-corrected chi connectivity index (χ0v) is 8.19. The molecule has 4 nitrogen and oxygen atoms in total. The van der Waals surface area contributed by atoms with E-state index in [4.69, 9.17) is 9.84 Å². The van der Waals surface area contributed by atoms with Gasteiger partial charge < -0.3 is 9.84 Å². The Kier molecular flexibility index (Phi) is 2.13. The fourth-order valence-electron chi connectivity index (χ4n) is 1.63. The molecule has 0 bridgehead atoms. The molecular weight excluding hydrogens is 180 g/mol. The van der Waals surface area contributed by atoms with Crippen molar-refractivity contribution in [2.75, 3.05) is 7.11 Å². The molecule has 14 heavy (non-hydrogen) atoms. The third-order valence-corrected chi connectivity index (χ3v) is 2.23. The van der Waals surface area contributed by atoms with Crippen LogP contribution < -0.4 is 4.74 Å². The summed E-state index contributed by atoms with van der Waals surface area (Å²) in [6.45, 7) is 1.83. The summed E-state index contributed by atoms with van der Waals surface area (Å²) in [6, 6.07) is 5.66. The van der Waals surface area contributed by atoms with E-state index in [9.17, 15) is 0 Å². The molecule has 4 heteroatoms. The van der Waals surface area contributed by atoms with Gasteiger partial charge in [0.25, 0.3) is 0 Å². The van der Waals surface area contributed by atoms with Gasteiger partial charge in [0.15, 0.2) is 5.88 Å². The maximum atomic E-state index is 9.10. The van der Waals surface area contributed by atoms with Crippen LogP contribution in [0.3, 0.4) is 0 Å². The highest BCUT2D eigenvalue weighted by Crippen LogP contribution is 2.20. The third kappa shape index (κ3) is 1.15. The van der Waals surface area contributed by atoms with Crippen LogP contribution in [0, 0.1) is 6.92 Å². The van der Waals surface area contributed by atoms with Crippen molar-refractivity contribution in [1.82, 2.24) is 9.38 Å². The van der Waals surface area contributed by atoms with Crippen LogP contribution in [0.1, 0.15) is 11.5 Å². The topological polar surface area (TPSA) is 46.8 Å². The van der Waals surface area contributed by atoms with Crippen LogP contribution in [-0.2, 0) is 6.61 Å². The Balaban J connectivity index is 2.81. The lowest BCUT2D eigenvalue weighted by Gasteiger charge is -2.04. The first-order chi connectivity index (χ1) is 6.77. The number of fused-ring (bicyclic) bond motifs is 1. The van der Waals surface area contributed by atoms with Crippen molar-refractivity contribution in [2.24, 2.45) is 0 Å². The number of rotatable bonds is 2. The maximum Gasteiger partial charge on any atom is 0.199 e. The van der Waals surface area contributed by atoms with E-state index in [1.54, 1.807) is 7.11 Å². The first-order valence-corrected chi connectivity index (χ1v) is 4.39. The van der Waals surface area contributed by atoms with Gasteiger partial charge in [0.2, 0.25) is 0 Å². The summed E-state index contributed by atoms with van der Waals surface area (Å²) < 4.78 is 7.09. The van der Waals surface area contributed by atoms with E-state index in [1.807, 2.05) is 29.5 Å². The lowest BCUT2D eigenvalue weighted by atomic mass is 10.3. The average molecular weight is 192 g/mol. The third-order valence-electron chi connectivity index (χ3n) is 2.23. The van der Waals surface area contributed by atoms with Crippen LogP contribution in [-0.4, -0.2) is 21.6 Å². The molecule has 0 aliphatic rings. The molecule has 2 heterocycles. The molecule has 2 rings (SSSR count).